The van der Waals surface area contributed by atoms with Crippen molar-refractivity contribution in [3.8, 4) is 0 Å². The Morgan fingerprint density at radius 1 is 1.31 bits per heavy atom. The molecule has 16 heavy (non-hydrogen) atoms. The van der Waals surface area contributed by atoms with Gasteiger partial charge in [-0.1, -0.05) is 0 Å². The van der Waals surface area contributed by atoms with E-state index in [9.17, 15) is 18.0 Å². The quantitative estimate of drug-likeness (QED) is 0.453. The van der Waals surface area contributed by atoms with Crippen LogP contribution in [-0.4, -0.2) is 12.6 Å². The molecule has 0 saturated carbocycles. The van der Waals surface area contributed by atoms with E-state index in [1.807, 2.05) is 0 Å². The normalized spacial score (nSPS) is 10.8. The van der Waals surface area contributed by atoms with E-state index in [-0.39, 0.29) is 12.2 Å². The second kappa shape index (κ2) is 5.34. The van der Waals surface area contributed by atoms with Crippen molar-refractivity contribution in [2.24, 2.45) is 0 Å². The van der Waals surface area contributed by atoms with Crippen LogP contribution >= 0.6 is 0 Å². The summed E-state index contributed by atoms with van der Waals surface area (Å²) in [7, 11) is 0. The fourth-order valence-corrected chi connectivity index (χ4v) is 1.02. The molecule has 0 aliphatic carbocycles. The van der Waals surface area contributed by atoms with Gasteiger partial charge in [0.25, 0.3) is 0 Å². The fraction of sp³-hybridized carbons (Fsp3) is 0.182. The highest BCUT2D eigenvalue weighted by Gasteiger charge is 2.11. The molecule has 1 aromatic carbocycles. The SMILES string of the molecule is CCOC(=O)C=Cc1ccc(F)c(F)c1F. The Kier molecular flexibility index (Phi) is 4.10. The molecular formula is C11H9F3O2. The summed E-state index contributed by atoms with van der Waals surface area (Å²) in [6.07, 6.45) is 1.97. The molecule has 1 rings (SSSR count). The summed E-state index contributed by atoms with van der Waals surface area (Å²) < 4.78 is 42.9. The number of benzene rings is 1. The molecule has 0 heterocycles. The number of rotatable bonds is 3. The van der Waals surface area contributed by atoms with Gasteiger partial charge in [0.2, 0.25) is 0 Å². The predicted octanol–water partition coefficient (Wildman–Crippen LogP) is 2.68. The van der Waals surface area contributed by atoms with Gasteiger partial charge in [-0.2, -0.15) is 0 Å². The molecule has 1 aromatic rings. The number of halogens is 3. The molecular weight excluding hydrogens is 221 g/mol. The molecule has 86 valence electrons. The minimum atomic E-state index is -1.56. The van der Waals surface area contributed by atoms with Gasteiger partial charge in [-0.25, -0.2) is 18.0 Å². The first-order chi connectivity index (χ1) is 7.56. The largest absolute Gasteiger partial charge is 0.463 e. The van der Waals surface area contributed by atoms with Gasteiger partial charge in [0.05, 0.1) is 6.61 Å². The minimum Gasteiger partial charge on any atom is -0.463 e. The van der Waals surface area contributed by atoms with Gasteiger partial charge in [0.15, 0.2) is 17.5 Å². The summed E-state index contributed by atoms with van der Waals surface area (Å²) in [6.45, 7) is 1.80. The van der Waals surface area contributed by atoms with E-state index in [1.165, 1.54) is 0 Å². The molecule has 0 amide bonds. The number of ether oxygens (including phenoxy) is 1. The van der Waals surface area contributed by atoms with Crippen LogP contribution in [0.3, 0.4) is 0 Å². The van der Waals surface area contributed by atoms with Gasteiger partial charge >= 0.3 is 5.97 Å². The maximum Gasteiger partial charge on any atom is 0.330 e. The van der Waals surface area contributed by atoms with Crippen molar-refractivity contribution in [3.63, 3.8) is 0 Å². The number of hydrogen-bond donors (Lipinski definition) is 0. The van der Waals surface area contributed by atoms with Crippen LogP contribution in [0.2, 0.25) is 0 Å². The fourth-order valence-electron chi connectivity index (χ4n) is 1.02. The topological polar surface area (TPSA) is 26.3 Å². The minimum absolute atomic E-state index is 0.184. The van der Waals surface area contributed by atoms with E-state index >= 15 is 0 Å². The van der Waals surface area contributed by atoms with Crippen LogP contribution in [0.25, 0.3) is 6.08 Å². The van der Waals surface area contributed by atoms with Crippen molar-refractivity contribution < 1.29 is 22.7 Å². The lowest BCUT2D eigenvalue weighted by Gasteiger charge is -1.99. The highest BCUT2D eigenvalue weighted by atomic mass is 19.2. The second-order valence-corrected chi connectivity index (χ2v) is 2.85. The number of carbonyl (C=O) groups excluding carboxylic acids is 1. The van der Waals surface area contributed by atoms with Gasteiger partial charge in [-0.15, -0.1) is 0 Å². The average molecular weight is 230 g/mol. The summed E-state index contributed by atoms with van der Waals surface area (Å²) in [6, 6.07) is 1.81. The Balaban J connectivity index is 2.90. The molecule has 0 bridgehead atoms. The highest BCUT2D eigenvalue weighted by Crippen LogP contribution is 2.16. The molecule has 0 aromatic heterocycles. The Hall–Kier alpha value is -1.78. The van der Waals surface area contributed by atoms with E-state index in [1.54, 1.807) is 6.92 Å². The molecule has 0 atom stereocenters. The number of carbonyl (C=O) groups is 1. The van der Waals surface area contributed by atoms with Gasteiger partial charge in [-0.05, 0) is 25.1 Å². The lowest BCUT2D eigenvalue weighted by Crippen LogP contribution is -1.99. The zero-order chi connectivity index (χ0) is 12.1. The molecule has 0 unspecified atom stereocenters. The standard InChI is InChI=1S/C11H9F3O2/c1-2-16-9(15)6-4-7-3-5-8(12)11(14)10(7)13/h3-6H,2H2,1H3. The third-order valence-electron chi connectivity index (χ3n) is 1.75. The molecule has 0 N–H and O–H groups in total. The first kappa shape index (κ1) is 12.3. The predicted molar refractivity (Wildman–Crippen MR) is 52.0 cm³/mol. The molecule has 0 fully saturated rings. The van der Waals surface area contributed by atoms with E-state index in [0.717, 1.165) is 24.3 Å². The van der Waals surface area contributed by atoms with Gasteiger partial charge in [0.1, 0.15) is 0 Å². The zero-order valence-electron chi connectivity index (χ0n) is 8.47. The second-order valence-electron chi connectivity index (χ2n) is 2.85. The Morgan fingerprint density at radius 2 is 2.00 bits per heavy atom. The lowest BCUT2D eigenvalue weighted by atomic mass is 10.2. The molecule has 0 saturated heterocycles. The van der Waals surface area contributed by atoms with Crippen molar-refractivity contribution in [2.45, 2.75) is 6.92 Å². The van der Waals surface area contributed by atoms with Crippen molar-refractivity contribution in [1.29, 1.82) is 0 Å². The monoisotopic (exact) mass is 230 g/mol. The maximum absolute atomic E-state index is 13.1. The van der Waals surface area contributed by atoms with E-state index in [2.05, 4.69) is 4.74 Å². The average Bonchev–Trinajstić information content (AvgIpc) is 2.25. The van der Waals surface area contributed by atoms with Gasteiger partial charge < -0.3 is 4.74 Å². The molecule has 0 aliphatic rings. The number of hydrogen-bond acceptors (Lipinski definition) is 2. The lowest BCUT2D eigenvalue weighted by molar-refractivity contribution is -0.137. The maximum atomic E-state index is 13.1. The third-order valence-corrected chi connectivity index (χ3v) is 1.75. The molecule has 2 nitrogen and oxygen atoms in total. The molecule has 5 heteroatoms. The summed E-state index contributed by atoms with van der Waals surface area (Å²) >= 11 is 0. The highest BCUT2D eigenvalue weighted by molar-refractivity contribution is 5.87. The summed E-state index contributed by atoms with van der Waals surface area (Å²) in [4.78, 5) is 10.9. The van der Waals surface area contributed by atoms with Crippen LogP contribution in [0.5, 0.6) is 0 Å². The Morgan fingerprint density at radius 3 is 2.62 bits per heavy atom. The smallest absolute Gasteiger partial charge is 0.330 e. The van der Waals surface area contributed by atoms with Crippen LogP contribution in [0, 0.1) is 17.5 Å². The van der Waals surface area contributed by atoms with Gasteiger partial charge in [-0.3, -0.25) is 0 Å². The zero-order valence-corrected chi connectivity index (χ0v) is 8.47. The molecule has 0 aliphatic heterocycles. The van der Waals surface area contributed by atoms with Crippen LogP contribution in [0.1, 0.15) is 12.5 Å². The van der Waals surface area contributed by atoms with Crippen molar-refractivity contribution in [1.82, 2.24) is 0 Å². The summed E-state index contributed by atoms with van der Waals surface area (Å²) in [5, 5.41) is 0. The molecule has 0 radical (unpaired) electrons. The number of esters is 1. The summed E-state index contributed by atoms with van der Waals surface area (Å²) in [5.41, 5.74) is -0.216. The summed E-state index contributed by atoms with van der Waals surface area (Å²) in [5.74, 6) is -4.84. The first-order valence-electron chi connectivity index (χ1n) is 4.54. The van der Waals surface area contributed by atoms with E-state index < -0.39 is 23.4 Å². The van der Waals surface area contributed by atoms with Crippen LogP contribution in [-0.2, 0) is 9.53 Å². The van der Waals surface area contributed by atoms with Crippen molar-refractivity contribution >= 4 is 12.0 Å². The Labute approximate surface area is 90.3 Å². The van der Waals surface area contributed by atoms with Crippen LogP contribution in [0.4, 0.5) is 13.2 Å². The van der Waals surface area contributed by atoms with Crippen LogP contribution < -0.4 is 0 Å². The van der Waals surface area contributed by atoms with Gasteiger partial charge in [0, 0.05) is 11.6 Å². The first-order valence-corrected chi connectivity index (χ1v) is 4.54. The van der Waals surface area contributed by atoms with Crippen molar-refractivity contribution in [3.05, 3.63) is 41.2 Å². The van der Waals surface area contributed by atoms with Crippen LogP contribution in [0.15, 0.2) is 18.2 Å². The molecule has 0 spiro atoms. The van der Waals surface area contributed by atoms with Crippen molar-refractivity contribution in [2.75, 3.05) is 6.61 Å². The van der Waals surface area contributed by atoms with E-state index in [4.69, 9.17) is 0 Å². The van der Waals surface area contributed by atoms with E-state index in [0.29, 0.717) is 0 Å². The third kappa shape index (κ3) is 2.85. The Bertz CT molecular complexity index is 427.